The summed E-state index contributed by atoms with van der Waals surface area (Å²) in [7, 11) is 2.11. The molecule has 0 amide bonds. The minimum absolute atomic E-state index is 0.0533. The largest absolute Gasteiger partial charge is 0.358 e. The van der Waals surface area contributed by atoms with Crippen LogP contribution in [0, 0.1) is 0 Å². The smallest absolute Gasteiger partial charge is 0.154 e. The maximum atomic E-state index is 4.68. The van der Waals surface area contributed by atoms with Crippen LogP contribution in [0.5, 0.6) is 0 Å². The topological polar surface area (TPSA) is 33.4 Å². The van der Waals surface area contributed by atoms with Gasteiger partial charge < -0.3 is 4.90 Å². The summed E-state index contributed by atoms with van der Waals surface area (Å²) in [6, 6.07) is 2.16. The van der Waals surface area contributed by atoms with Crippen molar-refractivity contribution >= 4 is 27.3 Å². The number of fused-ring (bicyclic) bond motifs is 1. The molecule has 2 aromatic heterocycles. The van der Waals surface area contributed by atoms with Gasteiger partial charge in [-0.25, -0.2) is 9.50 Å². The molecule has 0 spiro atoms. The maximum absolute atomic E-state index is 4.68. The number of unbranched alkanes of at least 4 members (excludes halogenated alkanes) is 2. The van der Waals surface area contributed by atoms with Gasteiger partial charge in [0.25, 0.3) is 0 Å². The van der Waals surface area contributed by atoms with Crippen molar-refractivity contribution in [2.75, 3.05) is 23.8 Å². The van der Waals surface area contributed by atoms with Crippen LogP contribution in [0.3, 0.4) is 0 Å². The summed E-state index contributed by atoms with van der Waals surface area (Å²) in [4.78, 5) is 6.79. The predicted molar refractivity (Wildman–Crippen MR) is 92.6 cm³/mol. The molecule has 0 radical (unpaired) electrons. The van der Waals surface area contributed by atoms with E-state index >= 15 is 0 Å². The average molecular weight is 353 g/mol. The third-order valence-electron chi connectivity index (χ3n) is 3.63. The van der Waals surface area contributed by atoms with Crippen LogP contribution < -0.4 is 4.90 Å². The van der Waals surface area contributed by atoms with Gasteiger partial charge in [0.05, 0.1) is 5.69 Å². The quantitative estimate of drug-likeness (QED) is 0.581. The van der Waals surface area contributed by atoms with E-state index in [4.69, 9.17) is 0 Å². The molecule has 21 heavy (non-hydrogen) atoms. The molecule has 0 aliphatic carbocycles. The third kappa shape index (κ3) is 3.96. The van der Waals surface area contributed by atoms with E-state index in [-0.39, 0.29) is 5.41 Å². The molecule has 0 unspecified atom stereocenters. The highest BCUT2D eigenvalue weighted by atomic mass is 79.9. The third-order valence-corrected chi connectivity index (χ3v) is 4.19. The number of nitrogens with zero attached hydrogens (tertiary/aromatic N) is 4. The predicted octanol–water partition coefficient (Wildman–Crippen LogP) is 4.03. The average Bonchev–Trinajstić information content (AvgIpc) is 2.87. The lowest BCUT2D eigenvalue weighted by Crippen LogP contribution is -2.20. The molecule has 2 rings (SSSR count). The molecule has 0 atom stereocenters. The van der Waals surface area contributed by atoms with Crippen molar-refractivity contribution in [2.24, 2.45) is 0 Å². The van der Waals surface area contributed by atoms with Crippen molar-refractivity contribution in [1.82, 2.24) is 14.6 Å². The first-order chi connectivity index (χ1) is 9.93. The Labute approximate surface area is 135 Å². The summed E-state index contributed by atoms with van der Waals surface area (Å²) >= 11 is 3.48. The number of anilines is 1. The van der Waals surface area contributed by atoms with Crippen molar-refractivity contribution < 1.29 is 0 Å². The van der Waals surface area contributed by atoms with E-state index < -0.39 is 0 Å². The Morgan fingerprint density at radius 2 is 2.00 bits per heavy atom. The zero-order chi connectivity index (χ0) is 15.5. The van der Waals surface area contributed by atoms with E-state index in [0.29, 0.717) is 0 Å². The Morgan fingerprint density at radius 3 is 2.67 bits per heavy atom. The van der Waals surface area contributed by atoms with Crippen LogP contribution in [-0.2, 0) is 5.41 Å². The van der Waals surface area contributed by atoms with Crippen molar-refractivity contribution in [3.8, 4) is 0 Å². The van der Waals surface area contributed by atoms with Crippen molar-refractivity contribution in [3.05, 3.63) is 24.2 Å². The molecule has 0 bridgehead atoms. The number of aromatic nitrogens is 3. The SMILES string of the molecule is CN(CCCCCBr)c1nccn2nc(C(C)(C)C)cc12. The van der Waals surface area contributed by atoms with Gasteiger partial charge in [0, 0.05) is 36.7 Å². The maximum Gasteiger partial charge on any atom is 0.154 e. The van der Waals surface area contributed by atoms with E-state index in [1.54, 1.807) is 0 Å². The van der Waals surface area contributed by atoms with E-state index in [1.165, 1.54) is 19.3 Å². The monoisotopic (exact) mass is 352 g/mol. The molecule has 0 aliphatic rings. The van der Waals surface area contributed by atoms with Gasteiger partial charge in [-0.05, 0) is 18.9 Å². The number of hydrogen-bond donors (Lipinski definition) is 0. The Morgan fingerprint density at radius 1 is 1.24 bits per heavy atom. The number of halogens is 1. The highest BCUT2D eigenvalue weighted by Crippen LogP contribution is 2.25. The summed E-state index contributed by atoms with van der Waals surface area (Å²) in [6.07, 6.45) is 7.41. The zero-order valence-corrected chi connectivity index (χ0v) is 15.0. The molecule has 4 nitrogen and oxygen atoms in total. The Balaban J connectivity index is 2.21. The second-order valence-electron chi connectivity index (χ2n) is 6.53. The number of rotatable bonds is 6. The standard InChI is InChI=1S/C16H25BrN4/c1-16(2,3)14-12-13-15(18-9-11-21(13)19-14)20(4)10-7-5-6-8-17/h9,11-12H,5-8,10H2,1-4H3. The summed E-state index contributed by atoms with van der Waals surface area (Å²) in [5.74, 6) is 1.01. The minimum atomic E-state index is 0.0533. The van der Waals surface area contributed by atoms with Crippen LogP contribution in [-0.4, -0.2) is 33.5 Å². The second kappa shape index (κ2) is 6.77. The molecule has 2 heterocycles. The van der Waals surface area contributed by atoms with E-state index in [1.807, 2.05) is 16.9 Å². The molecule has 0 saturated heterocycles. The first-order valence-corrected chi connectivity index (χ1v) is 8.67. The summed E-state index contributed by atoms with van der Waals surface area (Å²) in [5, 5.41) is 5.77. The fourth-order valence-electron chi connectivity index (χ4n) is 2.30. The van der Waals surface area contributed by atoms with E-state index in [9.17, 15) is 0 Å². The first kappa shape index (κ1) is 16.3. The van der Waals surface area contributed by atoms with Gasteiger partial charge in [-0.3, -0.25) is 0 Å². The fraction of sp³-hybridized carbons (Fsp3) is 0.625. The summed E-state index contributed by atoms with van der Waals surface area (Å²) < 4.78 is 1.94. The van der Waals surface area contributed by atoms with Gasteiger partial charge in [-0.2, -0.15) is 5.10 Å². The molecular weight excluding hydrogens is 328 g/mol. The lowest BCUT2D eigenvalue weighted by molar-refractivity contribution is 0.562. The second-order valence-corrected chi connectivity index (χ2v) is 7.32. The van der Waals surface area contributed by atoms with Crippen LogP contribution in [0.4, 0.5) is 5.82 Å². The van der Waals surface area contributed by atoms with Gasteiger partial charge >= 0.3 is 0 Å². The Hall–Kier alpha value is -1.10. The minimum Gasteiger partial charge on any atom is -0.358 e. The summed E-state index contributed by atoms with van der Waals surface area (Å²) in [6.45, 7) is 7.58. The van der Waals surface area contributed by atoms with Gasteiger partial charge in [-0.1, -0.05) is 43.1 Å². The lowest BCUT2D eigenvalue weighted by atomic mass is 9.92. The van der Waals surface area contributed by atoms with Crippen LogP contribution in [0.15, 0.2) is 18.5 Å². The normalized spacial score (nSPS) is 12.0. The molecule has 0 aromatic carbocycles. The van der Waals surface area contributed by atoms with Crippen LogP contribution in [0.25, 0.3) is 5.52 Å². The van der Waals surface area contributed by atoms with Crippen LogP contribution in [0.1, 0.15) is 45.7 Å². The van der Waals surface area contributed by atoms with Gasteiger partial charge in [0.2, 0.25) is 0 Å². The summed E-state index contributed by atoms with van der Waals surface area (Å²) in [5.41, 5.74) is 2.24. The molecule has 0 aliphatic heterocycles. The first-order valence-electron chi connectivity index (χ1n) is 7.55. The van der Waals surface area contributed by atoms with Gasteiger partial charge in [0.1, 0.15) is 5.52 Å². The molecule has 116 valence electrons. The Kier molecular flexibility index (Phi) is 5.25. The molecule has 0 saturated carbocycles. The molecule has 0 N–H and O–H groups in total. The van der Waals surface area contributed by atoms with Crippen molar-refractivity contribution in [3.63, 3.8) is 0 Å². The molecular formula is C16H25BrN4. The number of hydrogen-bond acceptors (Lipinski definition) is 3. The molecule has 5 heteroatoms. The lowest BCUT2D eigenvalue weighted by Gasteiger charge is -2.18. The molecule has 0 fully saturated rings. The molecule has 2 aromatic rings. The Bertz CT molecular complexity index is 585. The fourth-order valence-corrected chi connectivity index (χ4v) is 2.69. The van der Waals surface area contributed by atoms with Gasteiger partial charge in [0.15, 0.2) is 5.82 Å². The van der Waals surface area contributed by atoms with Crippen LogP contribution in [0.2, 0.25) is 0 Å². The van der Waals surface area contributed by atoms with E-state index in [2.05, 4.69) is 64.8 Å². The van der Waals surface area contributed by atoms with E-state index in [0.717, 1.165) is 28.9 Å². The van der Waals surface area contributed by atoms with Gasteiger partial charge in [-0.15, -0.1) is 0 Å². The highest BCUT2D eigenvalue weighted by molar-refractivity contribution is 9.09. The number of alkyl halides is 1. The van der Waals surface area contributed by atoms with Crippen LogP contribution >= 0.6 is 15.9 Å². The highest BCUT2D eigenvalue weighted by Gasteiger charge is 2.19. The van der Waals surface area contributed by atoms with Crippen molar-refractivity contribution in [1.29, 1.82) is 0 Å². The van der Waals surface area contributed by atoms with Crippen molar-refractivity contribution in [2.45, 2.75) is 45.4 Å². The zero-order valence-electron chi connectivity index (χ0n) is 13.4.